The van der Waals surface area contributed by atoms with Crippen LogP contribution in [0.1, 0.15) is 31.0 Å². The lowest BCUT2D eigenvalue weighted by atomic mass is 10.00. The van der Waals surface area contributed by atoms with Crippen molar-refractivity contribution in [1.29, 1.82) is 0 Å². The van der Waals surface area contributed by atoms with Gasteiger partial charge in [0.25, 0.3) is 0 Å². The number of aliphatic carboxylic acids is 1. The Kier molecular flexibility index (Phi) is 3.55. The summed E-state index contributed by atoms with van der Waals surface area (Å²) in [5.41, 5.74) is 4.44. The first-order valence-corrected chi connectivity index (χ1v) is 7.83. The highest BCUT2D eigenvalue weighted by atomic mass is 32.1. The molecule has 0 radical (unpaired) electrons. The zero-order valence-corrected chi connectivity index (χ0v) is 12.9. The highest BCUT2D eigenvalue weighted by Crippen LogP contribution is 2.28. The fourth-order valence-corrected chi connectivity index (χ4v) is 3.38. The Hall–Kier alpha value is -2.07. The summed E-state index contributed by atoms with van der Waals surface area (Å²) >= 11 is 1.58. The summed E-state index contributed by atoms with van der Waals surface area (Å²) in [4.78, 5) is 12.0. The quantitative estimate of drug-likeness (QED) is 0.775. The second kappa shape index (κ2) is 5.37. The molecule has 1 aromatic carbocycles. The fourth-order valence-electron chi connectivity index (χ4n) is 2.44. The van der Waals surface area contributed by atoms with Crippen LogP contribution in [0.5, 0.6) is 0 Å². The van der Waals surface area contributed by atoms with Gasteiger partial charge in [-0.1, -0.05) is 38.1 Å². The Morgan fingerprint density at radius 2 is 1.95 bits per heavy atom. The van der Waals surface area contributed by atoms with Crippen LogP contribution in [0.2, 0.25) is 0 Å². The number of rotatable bonds is 4. The predicted molar refractivity (Wildman–Crippen MR) is 86.1 cm³/mol. The first-order valence-electron chi connectivity index (χ1n) is 6.95. The number of nitrogens with zero attached hydrogens (tertiary/aromatic N) is 1. The van der Waals surface area contributed by atoms with Crippen LogP contribution in [-0.2, 0) is 11.2 Å². The van der Waals surface area contributed by atoms with Gasteiger partial charge < -0.3 is 9.51 Å². The molecule has 2 aromatic heterocycles. The predicted octanol–water partition coefficient (Wildman–Crippen LogP) is 4.42. The first kappa shape index (κ1) is 13.9. The average Bonchev–Trinajstić information content (AvgIpc) is 3.00. The monoisotopic (exact) mass is 299 g/mol. The molecule has 0 spiro atoms. The Morgan fingerprint density at radius 3 is 2.57 bits per heavy atom. The van der Waals surface area contributed by atoms with Crippen LogP contribution in [0.25, 0.3) is 16.0 Å². The average molecular weight is 299 g/mol. The molecule has 3 nitrogen and oxygen atoms in total. The van der Waals surface area contributed by atoms with Crippen molar-refractivity contribution in [2.75, 3.05) is 0 Å². The van der Waals surface area contributed by atoms with Gasteiger partial charge >= 0.3 is 5.97 Å². The highest BCUT2D eigenvalue weighted by molar-refractivity contribution is 7.15. The summed E-state index contributed by atoms with van der Waals surface area (Å²) in [7, 11) is 0. The Balaban J connectivity index is 1.97. The molecule has 0 aliphatic carbocycles. The van der Waals surface area contributed by atoms with Crippen molar-refractivity contribution >= 4 is 22.1 Å². The van der Waals surface area contributed by atoms with E-state index in [0.29, 0.717) is 5.92 Å². The van der Waals surface area contributed by atoms with E-state index in [1.807, 2.05) is 16.0 Å². The summed E-state index contributed by atoms with van der Waals surface area (Å²) in [6.45, 7) is 4.36. The van der Waals surface area contributed by atoms with Gasteiger partial charge in [0.1, 0.15) is 0 Å². The molecule has 21 heavy (non-hydrogen) atoms. The molecule has 0 fully saturated rings. The number of hydrogen-bond acceptors (Lipinski definition) is 2. The number of carboxylic acid groups (broad SMARTS) is 1. The molecule has 108 valence electrons. The molecule has 0 atom stereocenters. The second-order valence-corrected chi connectivity index (χ2v) is 6.40. The number of thiazole rings is 1. The number of fused-ring (bicyclic) bond motifs is 1. The number of carboxylic acids is 1. The van der Waals surface area contributed by atoms with Gasteiger partial charge in [0.2, 0.25) is 0 Å². The first-order chi connectivity index (χ1) is 10.0. The number of carbonyl (C=O) groups is 1. The minimum absolute atomic E-state index is 0.0560. The Labute approximate surface area is 127 Å². The van der Waals surface area contributed by atoms with Crippen LogP contribution < -0.4 is 0 Å². The maximum atomic E-state index is 10.9. The smallest absolute Gasteiger partial charge is 0.309 e. The fraction of sp³-hybridized carbons (Fsp3) is 0.235. The molecule has 0 saturated carbocycles. The third-order valence-corrected chi connectivity index (χ3v) is 4.60. The SMILES string of the molecule is CC(C)c1ccc(-c2cc3scc(CC(=O)O)n3c2)cc1. The van der Waals surface area contributed by atoms with E-state index in [4.69, 9.17) is 5.11 Å². The summed E-state index contributed by atoms with van der Waals surface area (Å²) in [5.74, 6) is -0.273. The molecule has 0 bridgehead atoms. The maximum Gasteiger partial charge on any atom is 0.309 e. The van der Waals surface area contributed by atoms with E-state index < -0.39 is 5.97 Å². The lowest BCUT2D eigenvalue weighted by Gasteiger charge is -2.05. The van der Waals surface area contributed by atoms with Crippen molar-refractivity contribution in [3.8, 4) is 11.1 Å². The number of hydrogen-bond donors (Lipinski definition) is 1. The van der Waals surface area contributed by atoms with Gasteiger partial charge in [0.15, 0.2) is 0 Å². The molecule has 1 N–H and O–H groups in total. The van der Waals surface area contributed by atoms with Crippen molar-refractivity contribution in [1.82, 2.24) is 4.40 Å². The summed E-state index contributed by atoms with van der Waals surface area (Å²) in [6.07, 6.45) is 2.08. The van der Waals surface area contributed by atoms with Crippen molar-refractivity contribution in [2.45, 2.75) is 26.2 Å². The lowest BCUT2D eigenvalue weighted by Crippen LogP contribution is -2.01. The molecule has 4 heteroatoms. The molecular weight excluding hydrogens is 282 g/mol. The van der Waals surface area contributed by atoms with Gasteiger partial charge in [-0.15, -0.1) is 11.3 Å². The maximum absolute atomic E-state index is 10.9. The van der Waals surface area contributed by atoms with E-state index in [0.717, 1.165) is 21.7 Å². The topological polar surface area (TPSA) is 41.7 Å². The standard InChI is InChI=1S/C17H17NO2S/c1-11(2)12-3-5-13(6-4-12)14-7-16-18(9-14)15(10-21-16)8-17(19)20/h3-7,9-11H,8H2,1-2H3,(H,19,20). The van der Waals surface area contributed by atoms with Gasteiger partial charge in [0, 0.05) is 22.8 Å². The Morgan fingerprint density at radius 1 is 1.24 bits per heavy atom. The largest absolute Gasteiger partial charge is 0.481 e. The minimum Gasteiger partial charge on any atom is -0.481 e. The van der Waals surface area contributed by atoms with Crippen LogP contribution in [0.15, 0.2) is 41.9 Å². The summed E-state index contributed by atoms with van der Waals surface area (Å²) in [5, 5.41) is 10.9. The third kappa shape index (κ3) is 2.72. The zero-order valence-electron chi connectivity index (χ0n) is 12.0. The van der Waals surface area contributed by atoms with Crippen LogP contribution in [-0.4, -0.2) is 15.5 Å². The normalized spacial score (nSPS) is 11.4. The van der Waals surface area contributed by atoms with Crippen LogP contribution in [0, 0.1) is 0 Å². The molecule has 3 rings (SSSR count). The van der Waals surface area contributed by atoms with Crippen LogP contribution in [0.3, 0.4) is 0 Å². The second-order valence-electron chi connectivity index (χ2n) is 5.51. The minimum atomic E-state index is -0.800. The molecule has 0 saturated heterocycles. The van der Waals surface area contributed by atoms with Crippen molar-refractivity contribution < 1.29 is 9.90 Å². The highest BCUT2D eigenvalue weighted by Gasteiger charge is 2.10. The number of aromatic nitrogens is 1. The third-order valence-electron chi connectivity index (χ3n) is 3.65. The van der Waals surface area contributed by atoms with Gasteiger partial charge in [-0.25, -0.2) is 0 Å². The van der Waals surface area contributed by atoms with E-state index in [2.05, 4.69) is 44.2 Å². The van der Waals surface area contributed by atoms with Gasteiger partial charge in [-0.2, -0.15) is 0 Å². The molecule has 0 amide bonds. The summed E-state index contributed by atoms with van der Waals surface area (Å²) in [6, 6.07) is 10.7. The molecule has 0 aliphatic heterocycles. The van der Waals surface area contributed by atoms with Gasteiger partial charge in [-0.05, 0) is 23.1 Å². The Bertz CT molecular complexity index is 781. The van der Waals surface area contributed by atoms with Crippen molar-refractivity contribution in [2.24, 2.45) is 0 Å². The van der Waals surface area contributed by atoms with Gasteiger partial charge in [0.05, 0.1) is 11.3 Å². The summed E-state index contributed by atoms with van der Waals surface area (Å²) < 4.78 is 1.98. The van der Waals surface area contributed by atoms with E-state index in [1.165, 1.54) is 5.56 Å². The van der Waals surface area contributed by atoms with E-state index >= 15 is 0 Å². The molecule has 0 aliphatic rings. The van der Waals surface area contributed by atoms with Crippen LogP contribution >= 0.6 is 11.3 Å². The van der Waals surface area contributed by atoms with Crippen LogP contribution in [0.4, 0.5) is 0 Å². The number of benzene rings is 1. The van der Waals surface area contributed by atoms with E-state index in [-0.39, 0.29) is 6.42 Å². The molecule has 2 heterocycles. The van der Waals surface area contributed by atoms with E-state index in [9.17, 15) is 4.79 Å². The lowest BCUT2D eigenvalue weighted by molar-refractivity contribution is -0.136. The van der Waals surface area contributed by atoms with Crippen molar-refractivity contribution in [3.05, 3.63) is 53.2 Å². The molecular formula is C17H17NO2S. The van der Waals surface area contributed by atoms with Gasteiger partial charge in [-0.3, -0.25) is 4.79 Å². The molecule has 3 aromatic rings. The van der Waals surface area contributed by atoms with Crippen molar-refractivity contribution in [3.63, 3.8) is 0 Å². The van der Waals surface area contributed by atoms with E-state index in [1.54, 1.807) is 11.3 Å². The molecule has 0 unspecified atom stereocenters. The zero-order chi connectivity index (χ0) is 15.0.